The molecule has 1 aromatic rings. The average Bonchev–Trinajstić information content (AvgIpc) is 3.31. The van der Waals surface area contributed by atoms with Crippen molar-refractivity contribution < 1.29 is 65.6 Å². The van der Waals surface area contributed by atoms with E-state index < -0.39 is 84.7 Å². The summed E-state index contributed by atoms with van der Waals surface area (Å²) in [5, 5.41) is 10.5. The fraction of sp³-hybridized carbons (Fsp3) is 0.792. The maximum Gasteiger partial charge on any atom is 0.408 e. The molecule has 1 aliphatic heterocycles. The molecular weight excluding hydrogens is 894 g/mol. The third-order valence-electron chi connectivity index (χ3n) is 11.2. The number of carbonyl (C=O) groups excluding carboxylic acids is 4. The second kappa shape index (κ2) is 34.2. The van der Waals surface area contributed by atoms with Gasteiger partial charge in [-0.3, -0.25) is 9.59 Å². The van der Waals surface area contributed by atoms with Crippen LogP contribution >= 0.6 is 9.47 Å². The molecule has 386 valence electrons. The second-order valence-electron chi connectivity index (χ2n) is 17.0. The lowest BCUT2D eigenvalue weighted by atomic mass is 9.87. The number of alkyl carbamates (subject to hydrolysis) is 1. The predicted octanol–water partition coefficient (Wildman–Crippen LogP) is 7.30. The van der Waals surface area contributed by atoms with Gasteiger partial charge in [-0.15, -0.1) is 0 Å². The van der Waals surface area contributed by atoms with Crippen LogP contribution in [-0.2, 0) is 58.7 Å². The summed E-state index contributed by atoms with van der Waals surface area (Å²) in [5.74, 6) is -8.34. The third kappa shape index (κ3) is 21.2. The molecule has 1 aliphatic rings. The fourth-order valence-electron chi connectivity index (χ4n) is 7.10. The predicted molar refractivity (Wildman–Crippen MR) is 254 cm³/mol. The highest BCUT2D eigenvalue weighted by molar-refractivity contribution is 7.10. The van der Waals surface area contributed by atoms with Crippen LogP contribution in [0.5, 0.6) is 0 Å². The first-order valence-corrected chi connectivity index (χ1v) is 25.0. The molecule has 16 nitrogen and oxygen atoms in total. The average molecular weight is 977 g/mol. The van der Waals surface area contributed by atoms with Gasteiger partial charge in [0.05, 0.1) is 29.2 Å². The number of hydrogen-bond donors (Lipinski definition) is 4. The van der Waals surface area contributed by atoms with Crippen LogP contribution in [0.25, 0.3) is 0 Å². The van der Waals surface area contributed by atoms with Crippen LogP contribution in [0.2, 0.25) is 0 Å². The van der Waals surface area contributed by atoms with Gasteiger partial charge >= 0.3 is 18.0 Å². The molecule has 1 aromatic carbocycles. The molecule has 1 unspecified atom stereocenters. The number of alkyl halides is 2. The second-order valence-corrected chi connectivity index (χ2v) is 17.2. The van der Waals surface area contributed by atoms with Gasteiger partial charge in [-0.25, -0.2) is 9.59 Å². The summed E-state index contributed by atoms with van der Waals surface area (Å²) in [6.45, 7) is 13.4. The van der Waals surface area contributed by atoms with Crippen molar-refractivity contribution >= 4 is 33.3 Å². The highest BCUT2D eigenvalue weighted by Crippen LogP contribution is 2.46. The molecule has 1 fully saturated rings. The van der Waals surface area contributed by atoms with E-state index in [0.717, 1.165) is 44.1 Å². The minimum atomic E-state index is -3.68. The van der Waals surface area contributed by atoms with Gasteiger partial charge in [-0.05, 0) is 77.3 Å². The zero-order valence-corrected chi connectivity index (χ0v) is 42.4. The molecule has 0 bridgehead atoms. The summed E-state index contributed by atoms with van der Waals surface area (Å²) < 4.78 is 83.1. The van der Waals surface area contributed by atoms with E-state index in [1.54, 1.807) is 24.3 Å². The normalized spacial score (nSPS) is 20.9. The van der Waals surface area contributed by atoms with Crippen molar-refractivity contribution in [2.24, 2.45) is 0 Å². The lowest BCUT2D eigenvalue weighted by Crippen LogP contribution is -2.75. The molecule has 2 rings (SSSR count). The van der Waals surface area contributed by atoms with Gasteiger partial charge in [0, 0.05) is 26.4 Å². The van der Waals surface area contributed by atoms with E-state index in [-0.39, 0.29) is 39.4 Å². The van der Waals surface area contributed by atoms with E-state index in [1.807, 2.05) is 50.2 Å². The topological polar surface area (TPSA) is 190 Å². The van der Waals surface area contributed by atoms with Gasteiger partial charge < -0.3 is 58.9 Å². The number of carbonyl (C=O) groups is 4. The van der Waals surface area contributed by atoms with E-state index >= 15 is 8.78 Å². The minimum Gasteiger partial charge on any atom is -0.450 e. The molecule has 1 heterocycles. The van der Waals surface area contributed by atoms with Crippen LogP contribution in [0.1, 0.15) is 138 Å². The van der Waals surface area contributed by atoms with E-state index in [4.69, 9.17) is 33.2 Å². The van der Waals surface area contributed by atoms with Crippen LogP contribution in [-0.4, -0.2) is 131 Å². The van der Waals surface area contributed by atoms with Crippen molar-refractivity contribution in [3.63, 3.8) is 0 Å². The van der Waals surface area contributed by atoms with Gasteiger partial charge in [0.1, 0.15) is 49.1 Å². The number of ether oxygens (including phenoxy) is 7. The largest absolute Gasteiger partial charge is 0.450 e. The Balaban J connectivity index is 2.32. The number of rotatable bonds is 37. The summed E-state index contributed by atoms with van der Waals surface area (Å²) in [6, 6.07) is 5.71. The van der Waals surface area contributed by atoms with Crippen molar-refractivity contribution in [3.05, 3.63) is 35.9 Å². The number of halogens is 2. The number of benzene rings is 1. The van der Waals surface area contributed by atoms with Crippen molar-refractivity contribution in [2.45, 2.75) is 193 Å². The van der Waals surface area contributed by atoms with E-state index in [2.05, 4.69) is 25.8 Å². The molecule has 0 aliphatic carbocycles. The Morgan fingerprint density at radius 1 is 0.731 bits per heavy atom. The Morgan fingerprint density at radius 2 is 1.33 bits per heavy atom. The number of amides is 3. The van der Waals surface area contributed by atoms with Crippen molar-refractivity contribution in [2.75, 3.05) is 52.7 Å². The first kappa shape index (κ1) is 60.0. The lowest BCUT2D eigenvalue weighted by Gasteiger charge is -2.54. The van der Waals surface area contributed by atoms with Crippen LogP contribution in [0, 0.1) is 0 Å². The van der Waals surface area contributed by atoms with Gasteiger partial charge in [-0.1, -0.05) is 97.1 Å². The summed E-state index contributed by atoms with van der Waals surface area (Å²) in [6.07, 6.45) is 3.22. The number of nitrogens with one attached hydrogen (secondary N) is 4. The van der Waals surface area contributed by atoms with Crippen molar-refractivity contribution in [1.82, 2.24) is 21.3 Å². The summed E-state index contributed by atoms with van der Waals surface area (Å²) in [7, 11) is 1.82. The first-order valence-electron chi connectivity index (χ1n) is 24.6. The Bertz CT molecular complexity index is 1520. The standard InChI is InChI=1S/C48H83F2N4O12P/c1-8-13-27-59-33-39-40(60-28-14-9-2)41(61-29-15-10-3)42(62-30-16-11-4)48(65-39,64-31-17-12-5)47(49,50)34-51-26-22-21-25-38(44(56)52-36(7)45(57)66-67)54-43(55)35(6)53-46(58)63-32-37-23-19-18-20-24-37/h18-20,23-24,35-36,38-42,51H,8-17,21-22,25-34,67H2,1-7H3,(H,52,56)(H,53,58)(H,54,55)/t35-,36-,38-,39+,40-,41-,42+,48+/m0/s1. The molecule has 0 radical (unpaired) electrons. The fourth-order valence-corrected chi connectivity index (χ4v) is 7.31. The first-order chi connectivity index (χ1) is 32.2. The van der Waals surface area contributed by atoms with E-state index in [1.165, 1.54) is 13.8 Å². The monoisotopic (exact) mass is 977 g/mol. The highest BCUT2D eigenvalue weighted by atomic mass is 31.0. The Labute approximate surface area is 400 Å². The number of hydrogen-bond acceptors (Lipinski definition) is 13. The quantitative estimate of drug-likeness (QED) is 0.0384. The van der Waals surface area contributed by atoms with Crippen LogP contribution in [0.4, 0.5) is 13.6 Å². The van der Waals surface area contributed by atoms with Gasteiger partial charge in [-0.2, -0.15) is 8.78 Å². The van der Waals surface area contributed by atoms with Gasteiger partial charge in [0.15, 0.2) is 0 Å². The van der Waals surface area contributed by atoms with E-state index in [0.29, 0.717) is 58.3 Å². The molecule has 1 saturated heterocycles. The molecule has 19 heteroatoms. The zero-order valence-electron chi connectivity index (χ0n) is 41.2. The van der Waals surface area contributed by atoms with Crippen molar-refractivity contribution in [1.29, 1.82) is 0 Å². The summed E-state index contributed by atoms with van der Waals surface area (Å²) in [5.41, 5.74) is 0.755. The van der Waals surface area contributed by atoms with Crippen LogP contribution < -0.4 is 21.3 Å². The molecule has 3 amide bonds. The maximum absolute atomic E-state index is 17.5. The van der Waals surface area contributed by atoms with Gasteiger partial charge in [0.25, 0.3) is 5.79 Å². The smallest absolute Gasteiger partial charge is 0.408 e. The SMILES string of the molecule is CCCCOC[C@H]1O[C@@](OCCCC)(C(F)(F)CNCCCC[C@H](NC(=O)[C@H](C)NC(=O)OCc2ccccc2)C(=O)N[C@@H](C)C(=O)OP)[C@H](OCCCC)[C@@H](OCCCC)[C@H]1OCCCC. The molecule has 67 heavy (non-hydrogen) atoms. The Morgan fingerprint density at radius 3 is 1.96 bits per heavy atom. The molecule has 4 N–H and O–H groups in total. The Hall–Kier alpha value is -3.09. The van der Waals surface area contributed by atoms with Crippen LogP contribution in [0.3, 0.4) is 0 Å². The molecule has 0 aromatic heterocycles. The summed E-state index contributed by atoms with van der Waals surface area (Å²) >= 11 is 0. The third-order valence-corrected chi connectivity index (χ3v) is 11.4. The summed E-state index contributed by atoms with van der Waals surface area (Å²) in [4.78, 5) is 51.2. The number of unbranched alkanes of at least 4 members (excludes halogenated alkanes) is 6. The maximum atomic E-state index is 17.5. The molecule has 9 atom stereocenters. The lowest BCUT2D eigenvalue weighted by molar-refractivity contribution is -0.432. The highest BCUT2D eigenvalue weighted by Gasteiger charge is 2.69. The molecule has 0 spiro atoms. The van der Waals surface area contributed by atoms with Crippen molar-refractivity contribution in [3.8, 4) is 0 Å². The Kier molecular flexibility index (Phi) is 30.7. The zero-order chi connectivity index (χ0) is 49.5. The van der Waals surface area contributed by atoms with Gasteiger partial charge in [0.2, 0.25) is 11.8 Å². The minimum absolute atomic E-state index is 0.00958. The van der Waals surface area contributed by atoms with E-state index in [9.17, 15) is 19.2 Å². The van der Waals surface area contributed by atoms with Crippen LogP contribution in [0.15, 0.2) is 30.3 Å². The molecule has 0 saturated carbocycles. The molecular formula is C48H83F2N4O12P.